The molecule has 0 aromatic carbocycles. The summed E-state index contributed by atoms with van der Waals surface area (Å²) in [4.78, 5) is 3.92. The van der Waals surface area contributed by atoms with Gasteiger partial charge in [0.2, 0.25) is 0 Å². The molecule has 0 fully saturated rings. The maximum Gasteiger partial charge on any atom is 0.139 e. The number of hydrogen-bond donors (Lipinski definition) is 1. The molecule has 2 aromatic heterocycles. The molecule has 0 spiro atoms. The highest BCUT2D eigenvalue weighted by Gasteiger charge is 1.99. The van der Waals surface area contributed by atoms with Crippen molar-refractivity contribution in [3.63, 3.8) is 0 Å². The van der Waals surface area contributed by atoms with Crippen molar-refractivity contribution in [2.45, 2.75) is 13.1 Å². The lowest BCUT2D eigenvalue weighted by Crippen LogP contribution is -2.08. The third kappa shape index (κ3) is 3.40. The first-order valence-electron chi connectivity index (χ1n) is 5.10. The van der Waals surface area contributed by atoms with E-state index in [1.54, 1.807) is 29.3 Å². The van der Waals surface area contributed by atoms with E-state index in [1.807, 2.05) is 0 Å². The summed E-state index contributed by atoms with van der Waals surface area (Å²) >= 11 is 5.78. The van der Waals surface area contributed by atoms with Gasteiger partial charge in [0.15, 0.2) is 0 Å². The fourth-order valence-electron chi connectivity index (χ4n) is 1.27. The van der Waals surface area contributed by atoms with Gasteiger partial charge in [0.25, 0.3) is 0 Å². The molecular weight excluding hydrogens is 242 g/mol. The molecule has 2 heterocycles. The van der Waals surface area contributed by atoms with Crippen LogP contribution in [0.5, 0.6) is 5.75 Å². The molecule has 0 saturated heterocycles. The van der Waals surface area contributed by atoms with Gasteiger partial charge in [-0.15, -0.1) is 5.10 Å². The van der Waals surface area contributed by atoms with Crippen molar-refractivity contribution in [2.24, 2.45) is 5.73 Å². The molecule has 0 aliphatic heterocycles. The topological polar surface area (TPSA) is 78.9 Å². The van der Waals surface area contributed by atoms with Crippen LogP contribution in [0.3, 0.4) is 0 Å². The van der Waals surface area contributed by atoms with Gasteiger partial charge in [-0.3, -0.25) is 4.98 Å². The molecule has 7 heteroatoms. The molecule has 6 nitrogen and oxygen atoms in total. The van der Waals surface area contributed by atoms with Gasteiger partial charge in [0, 0.05) is 25.0 Å². The molecule has 0 amide bonds. The number of rotatable bonds is 5. The van der Waals surface area contributed by atoms with E-state index in [-0.39, 0.29) is 0 Å². The van der Waals surface area contributed by atoms with E-state index in [4.69, 9.17) is 22.1 Å². The third-order valence-corrected chi connectivity index (χ3v) is 2.27. The maximum absolute atomic E-state index is 5.78. The third-order valence-electron chi connectivity index (χ3n) is 2.06. The van der Waals surface area contributed by atoms with E-state index in [1.165, 1.54) is 0 Å². The van der Waals surface area contributed by atoms with Gasteiger partial charge in [-0.25, -0.2) is 4.68 Å². The van der Waals surface area contributed by atoms with Crippen LogP contribution in [0.25, 0.3) is 0 Å². The number of aromatic nitrogens is 4. The molecule has 0 aliphatic rings. The monoisotopic (exact) mass is 253 g/mol. The average molecular weight is 254 g/mol. The second-order valence-electron chi connectivity index (χ2n) is 3.36. The SMILES string of the molecule is NCc1cn(CCOc2cncc(Cl)c2)nn1. The van der Waals surface area contributed by atoms with Crippen molar-refractivity contribution in [3.8, 4) is 5.75 Å². The van der Waals surface area contributed by atoms with Crippen molar-refractivity contribution >= 4 is 11.6 Å². The van der Waals surface area contributed by atoms with Gasteiger partial charge in [0.1, 0.15) is 12.4 Å². The van der Waals surface area contributed by atoms with Crippen LogP contribution in [0.15, 0.2) is 24.7 Å². The summed E-state index contributed by atoms with van der Waals surface area (Å²) in [6, 6.07) is 1.71. The first-order valence-corrected chi connectivity index (χ1v) is 5.48. The Morgan fingerprint density at radius 2 is 2.29 bits per heavy atom. The summed E-state index contributed by atoms with van der Waals surface area (Å²) in [6.45, 7) is 1.45. The molecular formula is C10H12ClN5O. The van der Waals surface area contributed by atoms with E-state index >= 15 is 0 Å². The molecule has 2 N–H and O–H groups in total. The zero-order chi connectivity index (χ0) is 12.1. The molecule has 0 atom stereocenters. The number of ether oxygens (including phenoxy) is 1. The lowest BCUT2D eigenvalue weighted by atomic mass is 10.4. The van der Waals surface area contributed by atoms with Gasteiger partial charge in [-0.2, -0.15) is 0 Å². The van der Waals surface area contributed by atoms with Crippen LogP contribution in [0.4, 0.5) is 0 Å². The fraction of sp³-hybridized carbons (Fsp3) is 0.300. The zero-order valence-electron chi connectivity index (χ0n) is 9.08. The largest absolute Gasteiger partial charge is 0.490 e. The van der Waals surface area contributed by atoms with E-state index < -0.39 is 0 Å². The van der Waals surface area contributed by atoms with Crippen molar-refractivity contribution in [1.29, 1.82) is 0 Å². The van der Waals surface area contributed by atoms with Gasteiger partial charge < -0.3 is 10.5 Å². The smallest absolute Gasteiger partial charge is 0.139 e. The van der Waals surface area contributed by atoms with Crippen molar-refractivity contribution < 1.29 is 4.74 Å². The minimum Gasteiger partial charge on any atom is -0.490 e. The second kappa shape index (κ2) is 5.60. The molecule has 90 valence electrons. The summed E-state index contributed by atoms with van der Waals surface area (Å²) in [6.07, 6.45) is 4.96. The zero-order valence-corrected chi connectivity index (χ0v) is 9.84. The van der Waals surface area contributed by atoms with Crippen LogP contribution in [-0.4, -0.2) is 26.6 Å². The average Bonchev–Trinajstić information content (AvgIpc) is 2.77. The number of nitrogens with two attached hydrogens (primary N) is 1. The predicted octanol–water partition coefficient (Wildman–Crippen LogP) is 0.864. The molecule has 0 bridgehead atoms. The first kappa shape index (κ1) is 11.8. The highest BCUT2D eigenvalue weighted by atomic mass is 35.5. The van der Waals surface area contributed by atoms with Gasteiger partial charge in [0.05, 0.1) is 23.5 Å². The Balaban J connectivity index is 1.83. The molecule has 0 saturated carbocycles. The number of hydrogen-bond acceptors (Lipinski definition) is 5. The summed E-state index contributed by atoms with van der Waals surface area (Å²) in [5, 5.41) is 8.32. The van der Waals surface area contributed by atoms with Crippen molar-refractivity contribution in [3.05, 3.63) is 35.4 Å². The molecule has 17 heavy (non-hydrogen) atoms. The maximum atomic E-state index is 5.78. The Labute approximate surface area is 103 Å². The standard InChI is InChI=1S/C10H12ClN5O/c11-8-3-10(6-13-5-8)17-2-1-16-7-9(4-12)14-15-16/h3,5-7H,1-2,4,12H2. The highest BCUT2D eigenvalue weighted by molar-refractivity contribution is 6.30. The lowest BCUT2D eigenvalue weighted by Gasteiger charge is -2.05. The predicted molar refractivity (Wildman–Crippen MR) is 62.7 cm³/mol. The number of pyridine rings is 1. The van der Waals surface area contributed by atoms with Crippen LogP contribution >= 0.6 is 11.6 Å². The Bertz CT molecular complexity index is 487. The minimum absolute atomic E-state index is 0.388. The van der Waals surface area contributed by atoms with Crippen molar-refractivity contribution in [1.82, 2.24) is 20.0 Å². The van der Waals surface area contributed by atoms with Crippen LogP contribution < -0.4 is 10.5 Å². The fourth-order valence-corrected chi connectivity index (χ4v) is 1.43. The van der Waals surface area contributed by atoms with Crippen LogP contribution in [0.1, 0.15) is 5.69 Å². The second-order valence-corrected chi connectivity index (χ2v) is 3.80. The molecule has 2 aromatic rings. The van der Waals surface area contributed by atoms with Gasteiger partial charge in [-0.05, 0) is 0 Å². The number of nitrogens with zero attached hydrogens (tertiary/aromatic N) is 4. The normalized spacial score (nSPS) is 10.5. The summed E-state index contributed by atoms with van der Waals surface area (Å²) in [5.41, 5.74) is 6.19. The summed E-state index contributed by atoms with van der Waals surface area (Å²) in [5.74, 6) is 0.636. The Morgan fingerprint density at radius 1 is 1.41 bits per heavy atom. The lowest BCUT2D eigenvalue weighted by molar-refractivity contribution is 0.288. The summed E-state index contributed by atoms with van der Waals surface area (Å²) < 4.78 is 7.15. The quantitative estimate of drug-likeness (QED) is 0.855. The highest BCUT2D eigenvalue weighted by Crippen LogP contribution is 2.14. The first-order chi connectivity index (χ1) is 8.28. The molecule has 0 aliphatic carbocycles. The minimum atomic E-state index is 0.388. The van der Waals surface area contributed by atoms with E-state index in [2.05, 4.69) is 15.3 Å². The Morgan fingerprint density at radius 3 is 3.00 bits per heavy atom. The van der Waals surface area contributed by atoms with E-state index in [0.717, 1.165) is 5.69 Å². The van der Waals surface area contributed by atoms with Crippen molar-refractivity contribution in [2.75, 3.05) is 6.61 Å². The van der Waals surface area contributed by atoms with Crippen LogP contribution in [-0.2, 0) is 13.1 Å². The Kier molecular flexibility index (Phi) is 3.89. The van der Waals surface area contributed by atoms with Crippen LogP contribution in [0, 0.1) is 0 Å². The van der Waals surface area contributed by atoms with Crippen LogP contribution in [0.2, 0.25) is 5.02 Å². The molecule has 0 unspecified atom stereocenters. The number of halogens is 1. The summed E-state index contributed by atoms with van der Waals surface area (Å²) in [7, 11) is 0. The van der Waals surface area contributed by atoms with Gasteiger partial charge in [-0.1, -0.05) is 16.8 Å². The Hall–Kier alpha value is -1.66. The molecule has 2 rings (SSSR count). The molecule has 0 radical (unpaired) electrons. The van der Waals surface area contributed by atoms with E-state index in [9.17, 15) is 0 Å². The van der Waals surface area contributed by atoms with E-state index in [0.29, 0.717) is 30.5 Å². The van der Waals surface area contributed by atoms with Gasteiger partial charge >= 0.3 is 0 Å².